The molecule has 0 atom stereocenters. The smallest absolute Gasteiger partial charge is 0.337 e. The fourth-order valence-corrected chi connectivity index (χ4v) is 2.92. The van der Waals surface area contributed by atoms with Crippen molar-refractivity contribution in [3.8, 4) is 0 Å². The molecule has 0 spiro atoms. The second kappa shape index (κ2) is 4.94. The molecule has 0 unspecified atom stereocenters. The van der Waals surface area contributed by atoms with E-state index in [-0.39, 0.29) is 5.97 Å². The number of rotatable bonds is 2. The molecule has 0 radical (unpaired) electrons. The fraction of sp³-hybridized carbons (Fsp3) is 0.438. The average molecular weight is 272 g/mol. The first kappa shape index (κ1) is 13.2. The van der Waals surface area contributed by atoms with Crippen molar-refractivity contribution in [2.75, 3.05) is 13.7 Å². The van der Waals surface area contributed by atoms with E-state index < -0.39 is 0 Å². The van der Waals surface area contributed by atoms with Crippen LogP contribution in [0.25, 0.3) is 10.9 Å². The van der Waals surface area contributed by atoms with Crippen molar-refractivity contribution in [2.24, 2.45) is 0 Å². The summed E-state index contributed by atoms with van der Waals surface area (Å²) in [5.74, 6) is -0.279. The lowest BCUT2D eigenvalue weighted by Gasteiger charge is -2.30. The SMILES string of the molecule is COC(=O)c1ccc2[nH]c3c(c2c1)CN(C(C)C)CC3. The van der Waals surface area contributed by atoms with Gasteiger partial charge in [-0.3, -0.25) is 4.90 Å². The third-order valence-corrected chi connectivity index (χ3v) is 4.16. The van der Waals surface area contributed by atoms with E-state index in [2.05, 4.69) is 23.7 Å². The van der Waals surface area contributed by atoms with Gasteiger partial charge < -0.3 is 9.72 Å². The van der Waals surface area contributed by atoms with E-state index in [1.54, 1.807) is 0 Å². The number of fused-ring (bicyclic) bond motifs is 3. The first-order valence-corrected chi connectivity index (χ1v) is 7.06. The van der Waals surface area contributed by atoms with Crippen LogP contribution in [0.1, 0.15) is 35.5 Å². The molecular formula is C16H20N2O2. The second-order valence-corrected chi connectivity index (χ2v) is 5.65. The predicted octanol–water partition coefficient (Wildman–Crippen LogP) is 2.72. The zero-order valence-electron chi connectivity index (χ0n) is 12.2. The third kappa shape index (κ3) is 2.10. The van der Waals surface area contributed by atoms with Crippen molar-refractivity contribution in [1.82, 2.24) is 9.88 Å². The highest BCUT2D eigenvalue weighted by Crippen LogP contribution is 2.29. The summed E-state index contributed by atoms with van der Waals surface area (Å²) in [4.78, 5) is 17.6. The number of carbonyl (C=O) groups excluding carboxylic acids is 1. The summed E-state index contributed by atoms with van der Waals surface area (Å²) in [6, 6.07) is 6.27. The number of H-pyrrole nitrogens is 1. The molecule has 0 bridgehead atoms. The number of nitrogens with zero attached hydrogens (tertiary/aromatic N) is 1. The maximum absolute atomic E-state index is 11.7. The lowest BCUT2D eigenvalue weighted by molar-refractivity contribution is 0.0601. The van der Waals surface area contributed by atoms with Crippen molar-refractivity contribution < 1.29 is 9.53 Å². The monoisotopic (exact) mass is 272 g/mol. The minimum atomic E-state index is -0.279. The van der Waals surface area contributed by atoms with Crippen LogP contribution < -0.4 is 0 Å². The van der Waals surface area contributed by atoms with Crippen molar-refractivity contribution in [1.29, 1.82) is 0 Å². The summed E-state index contributed by atoms with van der Waals surface area (Å²) in [5.41, 5.74) is 4.35. The molecule has 20 heavy (non-hydrogen) atoms. The first-order chi connectivity index (χ1) is 9.60. The van der Waals surface area contributed by atoms with Gasteiger partial charge in [0.2, 0.25) is 0 Å². The summed E-state index contributed by atoms with van der Waals surface area (Å²) >= 11 is 0. The van der Waals surface area contributed by atoms with Gasteiger partial charge in [0.25, 0.3) is 0 Å². The lowest BCUT2D eigenvalue weighted by Crippen LogP contribution is -2.35. The first-order valence-electron chi connectivity index (χ1n) is 7.06. The molecule has 1 aromatic heterocycles. The number of methoxy groups -OCH3 is 1. The molecule has 0 aliphatic carbocycles. The number of benzene rings is 1. The van der Waals surface area contributed by atoms with Crippen LogP contribution in [0, 0.1) is 0 Å². The van der Waals surface area contributed by atoms with Crippen LogP contribution >= 0.6 is 0 Å². The Morgan fingerprint density at radius 2 is 2.20 bits per heavy atom. The Balaban J connectivity index is 2.07. The highest BCUT2D eigenvalue weighted by Gasteiger charge is 2.22. The molecule has 1 aliphatic heterocycles. The number of hydrogen-bond donors (Lipinski definition) is 1. The number of aromatic nitrogens is 1. The van der Waals surface area contributed by atoms with E-state index in [1.807, 2.05) is 18.2 Å². The molecule has 4 nitrogen and oxygen atoms in total. The highest BCUT2D eigenvalue weighted by molar-refractivity contribution is 5.96. The molecule has 0 fully saturated rings. The molecule has 106 valence electrons. The minimum absolute atomic E-state index is 0.279. The third-order valence-electron chi connectivity index (χ3n) is 4.16. The molecular weight excluding hydrogens is 252 g/mol. The Labute approximate surface area is 118 Å². The van der Waals surface area contributed by atoms with Gasteiger partial charge in [0.05, 0.1) is 12.7 Å². The van der Waals surface area contributed by atoms with Gasteiger partial charge in [-0.2, -0.15) is 0 Å². The summed E-state index contributed by atoms with van der Waals surface area (Å²) in [5, 5.41) is 1.15. The van der Waals surface area contributed by atoms with E-state index >= 15 is 0 Å². The predicted molar refractivity (Wildman–Crippen MR) is 78.9 cm³/mol. The zero-order valence-corrected chi connectivity index (χ0v) is 12.2. The lowest BCUT2D eigenvalue weighted by atomic mass is 10.0. The van der Waals surface area contributed by atoms with Crippen molar-refractivity contribution in [3.05, 3.63) is 35.0 Å². The zero-order chi connectivity index (χ0) is 14.3. The van der Waals surface area contributed by atoms with Crippen LogP contribution in [0.5, 0.6) is 0 Å². The minimum Gasteiger partial charge on any atom is -0.465 e. The summed E-state index contributed by atoms with van der Waals surface area (Å²) < 4.78 is 4.81. The molecule has 2 heterocycles. The van der Waals surface area contributed by atoms with E-state index in [4.69, 9.17) is 4.74 Å². The highest BCUT2D eigenvalue weighted by atomic mass is 16.5. The average Bonchev–Trinajstić information content (AvgIpc) is 2.83. The molecule has 1 aromatic carbocycles. The van der Waals surface area contributed by atoms with Crippen LogP contribution in [0.4, 0.5) is 0 Å². The van der Waals surface area contributed by atoms with Crippen LogP contribution in [-0.2, 0) is 17.7 Å². The van der Waals surface area contributed by atoms with Gasteiger partial charge >= 0.3 is 5.97 Å². The van der Waals surface area contributed by atoms with Gasteiger partial charge in [-0.25, -0.2) is 4.79 Å². The fourth-order valence-electron chi connectivity index (χ4n) is 2.92. The molecule has 1 aliphatic rings. The molecule has 0 amide bonds. The number of nitrogens with one attached hydrogen (secondary N) is 1. The van der Waals surface area contributed by atoms with Gasteiger partial charge in [0.1, 0.15) is 0 Å². The molecule has 4 heteroatoms. The van der Waals surface area contributed by atoms with E-state index in [0.717, 1.165) is 30.4 Å². The van der Waals surface area contributed by atoms with Gasteiger partial charge in [-0.1, -0.05) is 0 Å². The van der Waals surface area contributed by atoms with Crippen molar-refractivity contribution in [2.45, 2.75) is 32.9 Å². The molecule has 3 rings (SSSR count). The van der Waals surface area contributed by atoms with Gasteiger partial charge in [0.15, 0.2) is 0 Å². The Morgan fingerprint density at radius 1 is 1.40 bits per heavy atom. The Kier molecular flexibility index (Phi) is 3.26. The Hall–Kier alpha value is -1.81. The van der Waals surface area contributed by atoms with Crippen molar-refractivity contribution in [3.63, 3.8) is 0 Å². The number of carbonyl (C=O) groups is 1. The van der Waals surface area contributed by atoms with E-state index in [9.17, 15) is 4.79 Å². The normalized spacial score (nSPS) is 15.6. The molecule has 2 aromatic rings. The number of ether oxygens (including phenoxy) is 1. The maximum atomic E-state index is 11.7. The van der Waals surface area contributed by atoms with Crippen LogP contribution in [0.15, 0.2) is 18.2 Å². The quantitative estimate of drug-likeness (QED) is 0.855. The Morgan fingerprint density at radius 3 is 2.90 bits per heavy atom. The number of hydrogen-bond acceptors (Lipinski definition) is 3. The van der Waals surface area contributed by atoms with Gasteiger partial charge in [0, 0.05) is 42.1 Å². The molecule has 0 saturated carbocycles. The number of esters is 1. The summed E-state index contributed by atoms with van der Waals surface area (Å²) in [7, 11) is 1.42. The van der Waals surface area contributed by atoms with Crippen molar-refractivity contribution >= 4 is 16.9 Å². The van der Waals surface area contributed by atoms with E-state index in [1.165, 1.54) is 18.4 Å². The van der Waals surface area contributed by atoms with Crippen LogP contribution in [0.3, 0.4) is 0 Å². The van der Waals surface area contributed by atoms with Gasteiger partial charge in [-0.05, 0) is 37.6 Å². The van der Waals surface area contributed by atoms with Crippen LogP contribution in [0.2, 0.25) is 0 Å². The summed E-state index contributed by atoms with van der Waals surface area (Å²) in [6.45, 7) is 6.47. The Bertz CT molecular complexity index is 658. The maximum Gasteiger partial charge on any atom is 0.337 e. The summed E-state index contributed by atoms with van der Waals surface area (Å²) in [6.07, 6.45) is 1.04. The molecule has 1 N–H and O–H groups in total. The molecule has 0 saturated heterocycles. The van der Waals surface area contributed by atoms with E-state index in [0.29, 0.717) is 11.6 Å². The standard InChI is InChI=1S/C16H20N2O2/c1-10(2)18-7-6-15-13(9-18)12-8-11(16(19)20-3)4-5-14(12)17-15/h4-5,8,10,17H,6-7,9H2,1-3H3. The number of aromatic amines is 1. The second-order valence-electron chi connectivity index (χ2n) is 5.65. The topological polar surface area (TPSA) is 45.3 Å². The van der Waals surface area contributed by atoms with Gasteiger partial charge in [-0.15, -0.1) is 0 Å². The van der Waals surface area contributed by atoms with Crippen LogP contribution in [-0.4, -0.2) is 35.5 Å². The largest absolute Gasteiger partial charge is 0.465 e.